The Kier molecular flexibility index (Phi) is 5.63. The minimum absolute atomic E-state index is 0.0111. The Morgan fingerprint density at radius 2 is 1.69 bits per heavy atom. The zero-order valence-electron chi connectivity index (χ0n) is 14.8. The van der Waals surface area contributed by atoms with Crippen molar-refractivity contribution in [3.8, 4) is 0 Å². The molecule has 0 aliphatic rings. The fraction of sp³-hybridized carbons (Fsp3) is 0.250. The van der Waals surface area contributed by atoms with Gasteiger partial charge in [0.25, 0.3) is 5.91 Å². The lowest BCUT2D eigenvalue weighted by Gasteiger charge is -2.13. The van der Waals surface area contributed by atoms with E-state index in [0.29, 0.717) is 16.4 Å². The number of hydrogen-bond acceptors (Lipinski definition) is 4. The molecule has 2 amide bonds. The van der Waals surface area contributed by atoms with Crippen LogP contribution in [0, 0.1) is 5.92 Å². The van der Waals surface area contributed by atoms with E-state index >= 15 is 0 Å². The van der Waals surface area contributed by atoms with Crippen LogP contribution in [0.25, 0.3) is 10.2 Å². The van der Waals surface area contributed by atoms with Gasteiger partial charge in [-0.3, -0.25) is 14.9 Å². The van der Waals surface area contributed by atoms with E-state index in [1.807, 2.05) is 38.1 Å². The van der Waals surface area contributed by atoms with Crippen LogP contribution in [0.15, 0.2) is 48.5 Å². The molecule has 0 radical (unpaired) electrons. The van der Waals surface area contributed by atoms with E-state index in [0.717, 1.165) is 23.1 Å². The van der Waals surface area contributed by atoms with Crippen LogP contribution in [-0.4, -0.2) is 16.8 Å². The Hall–Kier alpha value is -2.73. The summed E-state index contributed by atoms with van der Waals surface area (Å²) in [6.45, 7) is 4.01. The molecule has 0 saturated heterocycles. The predicted molar refractivity (Wildman–Crippen MR) is 107 cm³/mol. The fourth-order valence-corrected chi connectivity index (χ4v) is 3.56. The number of rotatable bonds is 6. The van der Waals surface area contributed by atoms with Gasteiger partial charge < -0.3 is 5.32 Å². The largest absolute Gasteiger partial charge is 0.326 e. The first kappa shape index (κ1) is 18.1. The monoisotopic (exact) mass is 367 g/mol. The highest BCUT2D eigenvalue weighted by molar-refractivity contribution is 7.22. The van der Waals surface area contributed by atoms with Crippen molar-refractivity contribution in [2.75, 3.05) is 10.6 Å². The lowest BCUT2D eigenvalue weighted by Crippen LogP contribution is -2.21. The van der Waals surface area contributed by atoms with E-state index < -0.39 is 0 Å². The first-order valence-electron chi connectivity index (χ1n) is 8.68. The molecule has 134 valence electrons. The number of nitrogens with zero attached hydrogens (tertiary/aromatic N) is 1. The highest BCUT2D eigenvalue weighted by Gasteiger charge is 2.14. The Morgan fingerprint density at radius 3 is 2.35 bits per heavy atom. The molecule has 0 fully saturated rings. The number of carbonyl (C=O) groups excluding carboxylic acids is 2. The number of para-hydroxylation sites is 1. The van der Waals surface area contributed by atoms with Crippen LogP contribution in [0.5, 0.6) is 0 Å². The molecule has 0 aliphatic carbocycles. The summed E-state index contributed by atoms with van der Waals surface area (Å²) in [5, 5.41) is 6.29. The summed E-state index contributed by atoms with van der Waals surface area (Å²) in [6.07, 6.45) is 1.62. The number of thiazole rings is 1. The Morgan fingerprint density at radius 1 is 1.00 bits per heavy atom. The SMILES string of the molecule is CCC(CC)C(=O)Nc1ccc(C(=O)Nc2nc3ccccc3s2)cc1. The van der Waals surface area contributed by atoms with Gasteiger partial charge in [0, 0.05) is 17.2 Å². The Labute approximate surface area is 156 Å². The second-order valence-corrected chi connectivity index (χ2v) is 7.05. The molecule has 3 rings (SSSR count). The second-order valence-electron chi connectivity index (χ2n) is 6.02. The second kappa shape index (κ2) is 8.10. The number of aromatic nitrogens is 1. The molecular formula is C20H21N3O2S. The summed E-state index contributed by atoms with van der Waals surface area (Å²) >= 11 is 1.44. The zero-order valence-corrected chi connectivity index (χ0v) is 15.6. The van der Waals surface area contributed by atoms with E-state index in [1.165, 1.54) is 11.3 Å². The molecule has 3 aromatic rings. The number of anilines is 2. The molecular weight excluding hydrogens is 346 g/mol. The summed E-state index contributed by atoms with van der Waals surface area (Å²) in [6, 6.07) is 14.6. The third kappa shape index (κ3) is 4.08. The smallest absolute Gasteiger partial charge is 0.257 e. The van der Waals surface area contributed by atoms with E-state index in [2.05, 4.69) is 15.6 Å². The van der Waals surface area contributed by atoms with E-state index in [-0.39, 0.29) is 17.7 Å². The molecule has 2 aromatic carbocycles. The first-order chi connectivity index (χ1) is 12.6. The van der Waals surface area contributed by atoms with Crippen LogP contribution in [0.2, 0.25) is 0 Å². The number of fused-ring (bicyclic) bond motifs is 1. The third-order valence-electron chi connectivity index (χ3n) is 4.29. The molecule has 0 saturated carbocycles. The number of hydrogen-bond donors (Lipinski definition) is 2. The van der Waals surface area contributed by atoms with Crippen LogP contribution >= 0.6 is 11.3 Å². The number of carbonyl (C=O) groups is 2. The van der Waals surface area contributed by atoms with Crippen LogP contribution < -0.4 is 10.6 Å². The van der Waals surface area contributed by atoms with E-state index in [4.69, 9.17) is 0 Å². The lowest BCUT2D eigenvalue weighted by atomic mass is 10.0. The van der Waals surface area contributed by atoms with Crippen LogP contribution in [0.1, 0.15) is 37.0 Å². The summed E-state index contributed by atoms with van der Waals surface area (Å²) < 4.78 is 1.03. The molecule has 0 aliphatic heterocycles. The average molecular weight is 367 g/mol. The van der Waals surface area contributed by atoms with Gasteiger partial charge in [-0.05, 0) is 49.2 Å². The van der Waals surface area contributed by atoms with Gasteiger partial charge >= 0.3 is 0 Å². The van der Waals surface area contributed by atoms with Gasteiger partial charge in [0.05, 0.1) is 10.2 Å². The van der Waals surface area contributed by atoms with Crippen molar-refractivity contribution in [3.63, 3.8) is 0 Å². The predicted octanol–water partition coefficient (Wildman–Crippen LogP) is 4.92. The summed E-state index contributed by atoms with van der Waals surface area (Å²) in [5.74, 6) is -0.194. The molecule has 0 bridgehead atoms. The molecule has 1 aromatic heterocycles. The molecule has 0 unspecified atom stereocenters. The van der Waals surface area contributed by atoms with Crippen molar-refractivity contribution in [2.24, 2.45) is 5.92 Å². The summed E-state index contributed by atoms with van der Waals surface area (Å²) in [4.78, 5) is 28.9. The van der Waals surface area contributed by atoms with Crippen molar-refractivity contribution in [1.29, 1.82) is 0 Å². The number of nitrogens with one attached hydrogen (secondary N) is 2. The molecule has 0 spiro atoms. The van der Waals surface area contributed by atoms with Gasteiger partial charge in [0.2, 0.25) is 5.91 Å². The minimum Gasteiger partial charge on any atom is -0.326 e. The third-order valence-corrected chi connectivity index (χ3v) is 5.24. The summed E-state index contributed by atoms with van der Waals surface area (Å²) in [7, 11) is 0. The quantitative estimate of drug-likeness (QED) is 0.649. The molecule has 1 heterocycles. The van der Waals surface area contributed by atoms with Gasteiger partial charge in [-0.2, -0.15) is 0 Å². The maximum absolute atomic E-state index is 12.4. The Bertz CT molecular complexity index is 881. The van der Waals surface area contributed by atoms with Gasteiger partial charge in [0.15, 0.2) is 5.13 Å². The van der Waals surface area contributed by atoms with Crippen LogP contribution in [-0.2, 0) is 4.79 Å². The maximum atomic E-state index is 12.4. The molecule has 0 atom stereocenters. The van der Waals surface area contributed by atoms with Crippen molar-refractivity contribution < 1.29 is 9.59 Å². The van der Waals surface area contributed by atoms with Gasteiger partial charge in [-0.15, -0.1) is 0 Å². The number of benzene rings is 2. The minimum atomic E-state index is -0.220. The molecule has 2 N–H and O–H groups in total. The van der Waals surface area contributed by atoms with Gasteiger partial charge in [0.1, 0.15) is 0 Å². The highest BCUT2D eigenvalue weighted by Crippen LogP contribution is 2.25. The van der Waals surface area contributed by atoms with E-state index in [1.54, 1.807) is 24.3 Å². The zero-order chi connectivity index (χ0) is 18.5. The topological polar surface area (TPSA) is 71.1 Å². The van der Waals surface area contributed by atoms with Crippen molar-refractivity contribution in [1.82, 2.24) is 4.98 Å². The van der Waals surface area contributed by atoms with E-state index in [9.17, 15) is 9.59 Å². The maximum Gasteiger partial charge on any atom is 0.257 e. The van der Waals surface area contributed by atoms with Crippen LogP contribution in [0.4, 0.5) is 10.8 Å². The fourth-order valence-electron chi connectivity index (χ4n) is 2.70. The Balaban J connectivity index is 1.66. The molecule has 5 nitrogen and oxygen atoms in total. The molecule has 6 heteroatoms. The standard InChI is InChI=1S/C20H21N3O2S/c1-3-13(4-2)18(24)21-15-11-9-14(10-12-15)19(25)23-20-22-16-7-5-6-8-17(16)26-20/h5-13H,3-4H2,1-2H3,(H,21,24)(H,22,23,25). The van der Waals surface area contributed by atoms with Crippen molar-refractivity contribution in [3.05, 3.63) is 54.1 Å². The van der Waals surface area contributed by atoms with Gasteiger partial charge in [-0.25, -0.2) is 4.98 Å². The van der Waals surface area contributed by atoms with Gasteiger partial charge in [-0.1, -0.05) is 37.3 Å². The highest BCUT2D eigenvalue weighted by atomic mass is 32.1. The normalized spacial score (nSPS) is 10.9. The molecule has 26 heavy (non-hydrogen) atoms. The lowest BCUT2D eigenvalue weighted by molar-refractivity contribution is -0.120. The van der Waals surface area contributed by atoms with Crippen molar-refractivity contribution in [2.45, 2.75) is 26.7 Å². The average Bonchev–Trinajstić information content (AvgIpc) is 3.05. The van der Waals surface area contributed by atoms with Crippen LogP contribution in [0.3, 0.4) is 0 Å². The number of amides is 2. The van der Waals surface area contributed by atoms with Crippen molar-refractivity contribution >= 4 is 44.2 Å². The summed E-state index contributed by atoms with van der Waals surface area (Å²) in [5.41, 5.74) is 2.08. The first-order valence-corrected chi connectivity index (χ1v) is 9.50.